The molecular formula is C11H14N2. The zero-order valence-corrected chi connectivity index (χ0v) is 8.28. The molecule has 1 rings (SSSR count). The molecule has 13 heavy (non-hydrogen) atoms. The summed E-state index contributed by atoms with van der Waals surface area (Å²) in [6.07, 6.45) is 1.79. The molecule has 0 amide bonds. The quantitative estimate of drug-likeness (QED) is 0.691. The van der Waals surface area contributed by atoms with Crippen LogP contribution in [0.5, 0.6) is 0 Å². The molecule has 2 heteroatoms. The van der Waals surface area contributed by atoms with Gasteiger partial charge in [0.2, 0.25) is 0 Å². The van der Waals surface area contributed by atoms with Crippen LogP contribution in [0.25, 0.3) is 0 Å². The second-order valence-electron chi connectivity index (χ2n) is 3.62. The summed E-state index contributed by atoms with van der Waals surface area (Å²) in [7, 11) is 0. The van der Waals surface area contributed by atoms with Crippen LogP contribution in [0.1, 0.15) is 37.9 Å². The van der Waals surface area contributed by atoms with Crippen LogP contribution in [0.3, 0.4) is 0 Å². The molecule has 0 N–H and O–H groups in total. The Balaban J connectivity index is 2.87. The van der Waals surface area contributed by atoms with Gasteiger partial charge in [0, 0.05) is 6.20 Å². The zero-order chi connectivity index (χ0) is 9.84. The molecule has 1 atom stereocenters. The van der Waals surface area contributed by atoms with Crippen molar-refractivity contribution < 1.29 is 0 Å². The lowest BCUT2D eigenvalue weighted by molar-refractivity contribution is 0.533. The first-order valence-corrected chi connectivity index (χ1v) is 4.51. The predicted molar refractivity (Wildman–Crippen MR) is 52.2 cm³/mol. The minimum absolute atomic E-state index is 0.486. The average molecular weight is 174 g/mol. The molecule has 68 valence electrons. The smallest absolute Gasteiger partial charge is 0.140 e. The van der Waals surface area contributed by atoms with Crippen LogP contribution < -0.4 is 0 Å². The summed E-state index contributed by atoms with van der Waals surface area (Å²) in [5.41, 5.74) is 1.69. The molecule has 1 aromatic rings. The van der Waals surface area contributed by atoms with Gasteiger partial charge in [0.15, 0.2) is 0 Å². The average Bonchev–Trinajstić information content (AvgIpc) is 2.17. The van der Waals surface area contributed by atoms with E-state index >= 15 is 0 Å². The summed E-state index contributed by atoms with van der Waals surface area (Å²) in [6.45, 7) is 6.54. The van der Waals surface area contributed by atoms with Gasteiger partial charge in [-0.1, -0.05) is 26.8 Å². The van der Waals surface area contributed by atoms with E-state index < -0.39 is 0 Å². The summed E-state index contributed by atoms with van der Waals surface area (Å²) in [6, 6.07) is 5.77. The molecule has 0 saturated heterocycles. The lowest BCUT2D eigenvalue weighted by atomic mass is 9.91. The van der Waals surface area contributed by atoms with Crippen molar-refractivity contribution in [2.24, 2.45) is 5.92 Å². The Kier molecular flexibility index (Phi) is 3.02. The topological polar surface area (TPSA) is 36.7 Å². The fourth-order valence-corrected chi connectivity index (χ4v) is 1.13. The summed E-state index contributed by atoms with van der Waals surface area (Å²) in [4.78, 5) is 4.04. The van der Waals surface area contributed by atoms with Crippen LogP contribution >= 0.6 is 0 Å². The second-order valence-corrected chi connectivity index (χ2v) is 3.62. The highest BCUT2D eigenvalue weighted by molar-refractivity contribution is 5.25. The van der Waals surface area contributed by atoms with Crippen molar-refractivity contribution in [3.63, 3.8) is 0 Å². The molecule has 0 saturated carbocycles. The number of pyridine rings is 1. The van der Waals surface area contributed by atoms with Gasteiger partial charge in [-0.3, -0.25) is 0 Å². The monoisotopic (exact) mass is 174 g/mol. The molecule has 1 unspecified atom stereocenters. The third-order valence-electron chi connectivity index (χ3n) is 2.43. The molecule has 0 aromatic carbocycles. The van der Waals surface area contributed by atoms with Gasteiger partial charge in [-0.25, -0.2) is 4.98 Å². The number of nitrogens with zero attached hydrogens (tertiary/aromatic N) is 2. The molecule has 0 radical (unpaired) electrons. The number of rotatable bonds is 2. The van der Waals surface area contributed by atoms with Crippen LogP contribution in [-0.2, 0) is 0 Å². The molecule has 0 aliphatic heterocycles. The lowest BCUT2D eigenvalue weighted by Crippen LogP contribution is -2.02. The van der Waals surface area contributed by atoms with E-state index in [1.165, 1.54) is 5.56 Å². The number of nitriles is 1. The van der Waals surface area contributed by atoms with Crippen molar-refractivity contribution in [1.82, 2.24) is 4.98 Å². The molecular weight excluding hydrogens is 160 g/mol. The maximum Gasteiger partial charge on any atom is 0.140 e. The number of hydrogen-bond donors (Lipinski definition) is 0. The van der Waals surface area contributed by atoms with Crippen molar-refractivity contribution in [2.45, 2.75) is 26.7 Å². The minimum Gasteiger partial charge on any atom is -0.245 e. The van der Waals surface area contributed by atoms with Gasteiger partial charge in [0.1, 0.15) is 11.8 Å². The van der Waals surface area contributed by atoms with Crippen molar-refractivity contribution in [2.75, 3.05) is 0 Å². The van der Waals surface area contributed by atoms with Crippen molar-refractivity contribution >= 4 is 0 Å². The van der Waals surface area contributed by atoms with E-state index in [4.69, 9.17) is 5.26 Å². The Hall–Kier alpha value is -1.36. The summed E-state index contributed by atoms with van der Waals surface area (Å²) in [5, 5.41) is 8.56. The van der Waals surface area contributed by atoms with Gasteiger partial charge in [0.25, 0.3) is 0 Å². The minimum atomic E-state index is 0.486. The first-order chi connectivity index (χ1) is 6.15. The Labute approximate surface area is 79.2 Å². The van der Waals surface area contributed by atoms with Crippen LogP contribution in [0.15, 0.2) is 18.3 Å². The molecule has 2 nitrogen and oxygen atoms in total. The molecule has 0 fully saturated rings. The van der Waals surface area contributed by atoms with Gasteiger partial charge in [-0.05, 0) is 23.5 Å². The van der Waals surface area contributed by atoms with Crippen LogP contribution in [0, 0.1) is 17.2 Å². The van der Waals surface area contributed by atoms with E-state index in [0.29, 0.717) is 17.5 Å². The van der Waals surface area contributed by atoms with E-state index in [2.05, 4.69) is 25.8 Å². The maximum atomic E-state index is 8.56. The highest BCUT2D eigenvalue weighted by Crippen LogP contribution is 2.22. The molecule has 0 spiro atoms. The van der Waals surface area contributed by atoms with Crippen LogP contribution in [0.2, 0.25) is 0 Å². The zero-order valence-electron chi connectivity index (χ0n) is 8.28. The van der Waals surface area contributed by atoms with Gasteiger partial charge >= 0.3 is 0 Å². The molecule has 0 aliphatic rings. The second kappa shape index (κ2) is 4.04. The van der Waals surface area contributed by atoms with Gasteiger partial charge in [0.05, 0.1) is 0 Å². The van der Waals surface area contributed by atoms with E-state index in [1.807, 2.05) is 12.1 Å². The first kappa shape index (κ1) is 9.73. The Morgan fingerprint density at radius 1 is 1.31 bits per heavy atom. The van der Waals surface area contributed by atoms with E-state index in [1.54, 1.807) is 12.3 Å². The predicted octanol–water partition coefficient (Wildman–Crippen LogP) is 2.71. The molecule has 0 bridgehead atoms. The Bertz CT molecular complexity index is 306. The molecule has 0 aliphatic carbocycles. The third-order valence-corrected chi connectivity index (χ3v) is 2.43. The largest absolute Gasteiger partial charge is 0.245 e. The van der Waals surface area contributed by atoms with Gasteiger partial charge < -0.3 is 0 Å². The highest BCUT2D eigenvalue weighted by atomic mass is 14.7. The van der Waals surface area contributed by atoms with Crippen molar-refractivity contribution in [1.29, 1.82) is 5.26 Å². The molecule has 1 heterocycles. The van der Waals surface area contributed by atoms with Crippen molar-refractivity contribution in [3.05, 3.63) is 29.6 Å². The fraction of sp³-hybridized carbons (Fsp3) is 0.455. The Morgan fingerprint density at radius 3 is 2.38 bits per heavy atom. The summed E-state index contributed by atoms with van der Waals surface area (Å²) in [5.74, 6) is 1.11. The third kappa shape index (κ3) is 2.29. The number of aromatic nitrogens is 1. The SMILES string of the molecule is CC(C)C(C)c1ccc(C#N)nc1. The Morgan fingerprint density at radius 2 is 2.00 bits per heavy atom. The van der Waals surface area contributed by atoms with Gasteiger partial charge in [-0.15, -0.1) is 0 Å². The van der Waals surface area contributed by atoms with E-state index in [9.17, 15) is 0 Å². The van der Waals surface area contributed by atoms with Crippen molar-refractivity contribution in [3.8, 4) is 6.07 Å². The molecule has 1 aromatic heterocycles. The number of hydrogen-bond acceptors (Lipinski definition) is 2. The maximum absolute atomic E-state index is 8.56. The first-order valence-electron chi connectivity index (χ1n) is 4.51. The van der Waals surface area contributed by atoms with Crippen LogP contribution in [0.4, 0.5) is 0 Å². The van der Waals surface area contributed by atoms with Gasteiger partial charge in [-0.2, -0.15) is 5.26 Å². The van der Waals surface area contributed by atoms with E-state index in [0.717, 1.165) is 0 Å². The normalized spacial score (nSPS) is 12.5. The van der Waals surface area contributed by atoms with E-state index in [-0.39, 0.29) is 0 Å². The highest BCUT2D eigenvalue weighted by Gasteiger charge is 2.09. The lowest BCUT2D eigenvalue weighted by Gasteiger charge is -2.14. The summed E-state index contributed by atoms with van der Waals surface area (Å²) >= 11 is 0. The standard InChI is InChI=1S/C11H14N2/c1-8(2)9(3)10-4-5-11(6-12)13-7-10/h4-5,7-9H,1-3H3. The summed E-state index contributed by atoms with van der Waals surface area (Å²) < 4.78 is 0. The van der Waals surface area contributed by atoms with Crippen LogP contribution in [-0.4, -0.2) is 4.98 Å². The fourth-order valence-electron chi connectivity index (χ4n) is 1.13.